The van der Waals surface area contributed by atoms with E-state index in [-0.39, 0.29) is 24.0 Å². The van der Waals surface area contributed by atoms with Crippen molar-refractivity contribution < 1.29 is 0 Å². The SMILES string of the molecule is CN=C(NCC1CCN(c2cccc(Br)c2)C1)N1CCC(C)CC1.I. The number of likely N-dealkylation sites (tertiary alicyclic amines) is 1. The molecule has 25 heavy (non-hydrogen) atoms. The van der Waals surface area contributed by atoms with Crippen LogP contribution in [0.15, 0.2) is 33.7 Å². The molecule has 1 aromatic carbocycles. The summed E-state index contributed by atoms with van der Waals surface area (Å²) in [6.07, 6.45) is 3.80. The molecular formula is C19H30BrIN4. The van der Waals surface area contributed by atoms with Crippen molar-refractivity contribution in [1.29, 1.82) is 0 Å². The molecule has 1 unspecified atom stereocenters. The lowest BCUT2D eigenvalue weighted by molar-refractivity contribution is 0.272. The molecule has 6 heteroatoms. The fourth-order valence-corrected chi connectivity index (χ4v) is 4.08. The van der Waals surface area contributed by atoms with Gasteiger partial charge in [0.05, 0.1) is 0 Å². The molecule has 1 aromatic rings. The van der Waals surface area contributed by atoms with Gasteiger partial charge in [-0.2, -0.15) is 0 Å². The van der Waals surface area contributed by atoms with E-state index in [1.54, 1.807) is 0 Å². The number of rotatable bonds is 3. The van der Waals surface area contributed by atoms with E-state index in [0.29, 0.717) is 5.92 Å². The Hall–Kier alpha value is -0.500. The van der Waals surface area contributed by atoms with Gasteiger partial charge in [-0.25, -0.2) is 0 Å². The number of hydrogen-bond acceptors (Lipinski definition) is 2. The fraction of sp³-hybridized carbons (Fsp3) is 0.632. The van der Waals surface area contributed by atoms with Crippen LogP contribution in [0.3, 0.4) is 0 Å². The highest BCUT2D eigenvalue weighted by atomic mass is 127. The molecule has 0 aromatic heterocycles. The molecule has 4 nitrogen and oxygen atoms in total. The van der Waals surface area contributed by atoms with Gasteiger partial charge in [0, 0.05) is 49.9 Å². The van der Waals surface area contributed by atoms with Crippen LogP contribution in [0.5, 0.6) is 0 Å². The van der Waals surface area contributed by atoms with Gasteiger partial charge in [-0.3, -0.25) is 4.99 Å². The summed E-state index contributed by atoms with van der Waals surface area (Å²) in [5.74, 6) is 2.63. The van der Waals surface area contributed by atoms with Crippen molar-refractivity contribution >= 4 is 51.6 Å². The van der Waals surface area contributed by atoms with Crippen LogP contribution in [0.25, 0.3) is 0 Å². The van der Waals surface area contributed by atoms with Crippen LogP contribution in [-0.4, -0.2) is 50.6 Å². The summed E-state index contributed by atoms with van der Waals surface area (Å²) in [4.78, 5) is 9.40. The fourth-order valence-electron chi connectivity index (χ4n) is 3.69. The number of halogens is 2. The minimum Gasteiger partial charge on any atom is -0.371 e. The number of nitrogens with zero attached hydrogens (tertiary/aromatic N) is 3. The third-order valence-electron chi connectivity index (χ3n) is 5.30. The quantitative estimate of drug-likeness (QED) is 0.368. The number of piperidine rings is 1. The summed E-state index contributed by atoms with van der Waals surface area (Å²) >= 11 is 3.57. The summed E-state index contributed by atoms with van der Waals surface area (Å²) in [5.41, 5.74) is 1.32. The molecular weight excluding hydrogens is 491 g/mol. The second kappa shape index (κ2) is 10.00. The van der Waals surface area contributed by atoms with E-state index in [1.807, 2.05) is 7.05 Å². The summed E-state index contributed by atoms with van der Waals surface area (Å²) in [7, 11) is 1.91. The Morgan fingerprint density at radius 2 is 2.00 bits per heavy atom. The zero-order chi connectivity index (χ0) is 16.9. The van der Waals surface area contributed by atoms with Gasteiger partial charge in [0.1, 0.15) is 0 Å². The Morgan fingerprint density at radius 3 is 2.68 bits per heavy atom. The second-order valence-electron chi connectivity index (χ2n) is 7.18. The zero-order valence-corrected chi connectivity index (χ0v) is 19.2. The summed E-state index contributed by atoms with van der Waals surface area (Å²) < 4.78 is 1.15. The number of benzene rings is 1. The van der Waals surface area contributed by atoms with Crippen LogP contribution in [-0.2, 0) is 0 Å². The van der Waals surface area contributed by atoms with E-state index < -0.39 is 0 Å². The molecule has 140 valence electrons. The van der Waals surface area contributed by atoms with E-state index in [4.69, 9.17) is 0 Å². The van der Waals surface area contributed by atoms with Crippen molar-refractivity contribution in [2.24, 2.45) is 16.8 Å². The number of aliphatic imine (C=N–C) groups is 1. The molecule has 0 bridgehead atoms. The lowest BCUT2D eigenvalue weighted by atomic mass is 9.99. The molecule has 0 radical (unpaired) electrons. The van der Waals surface area contributed by atoms with Gasteiger partial charge in [-0.05, 0) is 49.3 Å². The Bertz CT molecular complexity index is 572. The topological polar surface area (TPSA) is 30.9 Å². The van der Waals surface area contributed by atoms with Crippen molar-refractivity contribution in [3.05, 3.63) is 28.7 Å². The van der Waals surface area contributed by atoms with E-state index in [2.05, 4.69) is 67.2 Å². The highest BCUT2D eigenvalue weighted by molar-refractivity contribution is 14.0. The molecule has 0 aliphatic carbocycles. The summed E-state index contributed by atoms with van der Waals surface area (Å²) in [6, 6.07) is 8.62. The van der Waals surface area contributed by atoms with Gasteiger partial charge < -0.3 is 15.1 Å². The lowest BCUT2D eigenvalue weighted by Crippen LogP contribution is -2.46. The van der Waals surface area contributed by atoms with E-state index in [9.17, 15) is 0 Å². The zero-order valence-electron chi connectivity index (χ0n) is 15.2. The minimum absolute atomic E-state index is 0. The van der Waals surface area contributed by atoms with Crippen molar-refractivity contribution in [3.63, 3.8) is 0 Å². The average Bonchev–Trinajstić information content (AvgIpc) is 3.06. The number of anilines is 1. The second-order valence-corrected chi connectivity index (χ2v) is 8.09. The molecule has 0 spiro atoms. The maximum atomic E-state index is 4.50. The Morgan fingerprint density at radius 1 is 1.24 bits per heavy atom. The van der Waals surface area contributed by atoms with E-state index >= 15 is 0 Å². The first-order chi connectivity index (χ1) is 11.7. The van der Waals surface area contributed by atoms with Crippen LogP contribution in [0.4, 0.5) is 5.69 Å². The molecule has 2 fully saturated rings. The van der Waals surface area contributed by atoms with Gasteiger partial charge in [-0.15, -0.1) is 24.0 Å². The Kier molecular flexibility index (Phi) is 8.32. The smallest absolute Gasteiger partial charge is 0.193 e. The number of guanidine groups is 1. The number of nitrogens with one attached hydrogen (secondary N) is 1. The first-order valence-electron chi connectivity index (χ1n) is 9.12. The van der Waals surface area contributed by atoms with Gasteiger partial charge >= 0.3 is 0 Å². The molecule has 3 rings (SSSR count). The molecule has 2 saturated heterocycles. The van der Waals surface area contributed by atoms with Crippen LogP contribution in [0.1, 0.15) is 26.2 Å². The Balaban J connectivity index is 0.00000225. The number of hydrogen-bond donors (Lipinski definition) is 1. The highest BCUT2D eigenvalue weighted by Gasteiger charge is 2.24. The normalized spacial score (nSPS) is 22.0. The third-order valence-corrected chi connectivity index (χ3v) is 5.80. The standard InChI is InChI=1S/C19H29BrN4.HI/c1-15-6-9-23(10-7-15)19(21-2)22-13-16-8-11-24(14-16)18-5-3-4-17(20)12-18;/h3-5,12,15-16H,6-11,13-14H2,1-2H3,(H,21,22);1H. The van der Waals surface area contributed by atoms with Crippen molar-refractivity contribution in [2.75, 3.05) is 44.7 Å². The molecule has 2 aliphatic heterocycles. The van der Waals surface area contributed by atoms with Crippen molar-refractivity contribution in [1.82, 2.24) is 10.2 Å². The predicted octanol–water partition coefficient (Wildman–Crippen LogP) is 4.20. The maximum absolute atomic E-state index is 4.50. The molecule has 2 heterocycles. The van der Waals surface area contributed by atoms with Gasteiger partial charge in [0.2, 0.25) is 0 Å². The minimum atomic E-state index is 0. The average molecular weight is 521 g/mol. The van der Waals surface area contributed by atoms with Gasteiger partial charge in [0.25, 0.3) is 0 Å². The third kappa shape index (κ3) is 5.74. The summed E-state index contributed by atoms with van der Waals surface area (Å²) in [5, 5.41) is 3.62. The molecule has 1 atom stereocenters. The van der Waals surface area contributed by atoms with Crippen molar-refractivity contribution in [3.8, 4) is 0 Å². The predicted molar refractivity (Wildman–Crippen MR) is 121 cm³/mol. The van der Waals surface area contributed by atoms with E-state index in [0.717, 1.165) is 49.1 Å². The molecule has 1 N–H and O–H groups in total. The molecule has 2 aliphatic rings. The van der Waals surface area contributed by atoms with Crippen LogP contribution < -0.4 is 10.2 Å². The monoisotopic (exact) mass is 520 g/mol. The van der Waals surface area contributed by atoms with Crippen LogP contribution >= 0.6 is 39.9 Å². The maximum Gasteiger partial charge on any atom is 0.193 e. The Labute approximate surface area is 177 Å². The summed E-state index contributed by atoms with van der Waals surface area (Å²) in [6.45, 7) is 7.90. The lowest BCUT2D eigenvalue weighted by Gasteiger charge is -2.33. The first-order valence-corrected chi connectivity index (χ1v) is 9.91. The van der Waals surface area contributed by atoms with Gasteiger partial charge in [-0.1, -0.05) is 28.9 Å². The molecule has 0 amide bonds. The van der Waals surface area contributed by atoms with Crippen LogP contribution in [0.2, 0.25) is 0 Å². The van der Waals surface area contributed by atoms with E-state index in [1.165, 1.54) is 24.9 Å². The molecule has 0 saturated carbocycles. The van der Waals surface area contributed by atoms with Gasteiger partial charge in [0.15, 0.2) is 5.96 Å². The van der Waals surface area contributed by atoms with Crippen LogP contribution in [0, 0.1) is 11.8 Å². The highest BCUT2D eigenvalue weighted by Crippen LogP contribution is 2.26. The largest absolute Gasteiger partial charge is 0.371 e. The van der Waals surface area contributed by atoms with Crippen molar-refractivity contribution in [2.45, 2.75) is 26.2 Å². The first kappa shape index (κ1) is 20.8.